The third-order valence-corrected chi connectivity index (χ3v) is 5.90. The molecule has 1 atom stereocenters. The average Bonchev–Trinajstić information content (AvgIpc) is 3.26. The lowest BCUT2D eigenvalue weighted by Gasteiger charge is -2.23. The van der Waals surface area contributed by atoms with E-state index in [4.69, 9.17) is 5.14 Å². The number of benzene rings is 2. The number of carbonyl (C=O) groups is 1. The number of halogens is 1. The van der Waals surface area contributed by atoms with Crippen LogP contribution in [0.5, 0.6) is 0 Å². The fourth-order valence-electron chi connectivity index (χ4n) is 3.60. The summed E-state index contributed by atoms with van der Waals surface area (Å²) in [6, 6.07) is 8.65. The Hall–Kier alpha value is -2.78. The molecule has 1 saturated heterocycles. The number of sulfonamides is 1. The average molecular weight is 402 g/mol. The lowest BCUT2D eigenvalue weighted by molar-refractivity contribution is 0.0725. The van der Waals surface area contributed by atoms with Gasteiger partial charge in [0.2, 0.25) is 10.0 Å². The zero-order chi connectivity index (χ0) is 20.1. The summed E-state index contributed by atoms with van der Waals surface area (Å²) in [4.78, 5) is 22.0. The number of aryl methyl sites for hydroxylation is 1. The number of imidazole rings is 1. The fourth-order valence-corrected chi connectivity index (χ4v) is 4.12. The molecule has 9 heteroatoms. The maximum Gasteiger partial charge on any atom is 0.257 e. The van der Waals surface area contributed by atoms with E-state index in [0.717, 1.165) is 41.2 Å². The number of H-pyrrole nitrogens is 1. The summed E-state index contributed by atoms with van der Waals surface area (Å²) >= 11 is 0. The molecular weight excluding hydrogens is 383 g/mol. The first-order valence-corrected chi connectivity index (χ1v) is 10.4. The largest absolute Gasteiger partial charge is 0.340 e. The van der Waals surface area contributed by atoms with Crippen molar-refractivity contribution >= 4 is 27.0 Å². The Labute approximate surface area is 161 Å². The van der Waals surface area contributed by atoms with Crippen molar-refractivity contribution in [3.63, 3.8) is 0 Å². The van der Waals surface area contributed by atoms with E-state index in [0.29, 0.717) is 18.8 Å². The second-order valence-electron chi connectivity index (χ2n) is 6.99. The Bertz CT molecular complexity index is 1190. The van der Waals surface area contributed by atoms with Gasteiger partial charge in [-0.1, -0.05) is 6.07 Å². The predicted octanol–water partition coefficient (Wildman–Crippen LogP) is 2.64. The SMILES string of the molecule is Cc1ccc2nc([C@@H]3CCCN3C(=O)c3ccc(S(N)(=O)=O)cc3F)[nH]c2c1. The van der Waals surface area contributed by atoms with E-state index in [2.05, 4.69) is 9.97 Å². The van der Waals surface area contributed by atoms with Crippen molar-refractivity contribution in [1.29, 1.82) is 0 Å². The van der Waals surface area contributed by atoms with Gasteiger partial charge < -0.3 is 9.88 Å². The van der Waals surface area contributed by atoms with Crippen molar-refractivity contribution in [2.45, 2.75) is 30.7 Å². The van der Waals surface area contributed by atoms with E-state index < -0.39 is 21.7 Å². The Kier molecular flexibility index (Phi) is 4.43. The van der Waals surface area contributed by atoms with Gasteiger partial charge in [0.05, 0.1) is 27.5 Å². The molecule has 0 saturated carbocycles. The molecule has 2 heterocycles. The van der Waals surface area contributed by atoms with E-state index >= 15 is 0 Å². The third kappa shape index (κ3) is 3.27. The van der Waals surface area contributed by atoms with Crippen LogP contribution in [0, 0.1) is 12.7 Å². The van der Waals surface area contributed by atoms with Crippen LogP contribution in [0.15, 0.2) is 41.3 Å². The van der Waals surface area contributed by atoms with Crippen molar-refractivity contribution in [2.75, 3.05) is 6.54 Å². The molecule has 0 aliphatic carbocycles. The number of fused-ring (bicyclic) bond motifs is 1. The molecule has 146 valence electrons. The minimum atomic E-state index is -4.04. The van der Waals surface area contributed by atoms with Gasteiger partial charge in [-0.2, -0.15) is 0 Å². The molecule has 0 unspecified atom stereocenters. The monoisotopic (exact) mass is 402 g/mol. The molecule has 1 aliphatic rings. The molecule has 1 amide bonds. The van der Waals surface area contributed by atoms with Crippen molar-refractivity contribution < 1.29 is 17.6 Å². The predicted molar refractivity (Wildman–Crippen MR) is 102 cm³/mol. The summed E-state index contributed by atoms with van der Waals surface area (Å²) in [5.74, 6) is -0.756. The van der Waals surface area contributed by atoms with Gasteiger partial charge in [0.15, 0.2) is 0 Å². The number of nitrogens with zero attached hydrogens (tertiary/aromatic N) is 2. The van der Waals surface area contributed by atoms with Gasteiger partial charge >= 0.3 is 0 Å². The summed E-state index contributed by atoms with van der Waals surface area (Å²) in [5, 5.41) is 5.02. The number of rotatable bonds is 3. The molecule has 1 aliphatic heterocycles. The summed E-state index contributed by atoms with van der Waals surface area (Å²) in [7, 11) is -4.04. The van der Waals surface area contributed by atoms with Gasteiger partial charge in [-0.25, -0.2) is 22.9 Å². The van der Waals surface area contributed by atoms with Crippen LogP contribution in [0.25, 0.3) is 11.0 Å². The first-order valence-electron chi connectivity index (χ1n) is 8.83. The van der Waals surface area contributed by atoms with Crippen LogP contribution in [0.4, 0.5) is 4.39 Å². The number of carbonyl (C=O) groups excluding carboxylic acids is 1. The highest BCUT2D eigenvalue weighted by molar-refractivity contribution is 7.89. The van der Waals surface area contributed by atoms with Crippen LogP contribution in [0.2, 0.25) is 0 Å². The highest BCUT2D eigenvalue weighted by Gasteiger charge is 2.34. The quantitative estimate of drug-likeness (QED) is 0.702. The summed E-state index contributed by atoms with van der Waals surface area (Å²) in [6.45, 7) is 2.45. The summed E-state index contributed by atoms with van der Waals surface area (Å²) < 4.78 is 37.2. The number of primary sulfonamides is 1. The highest BCUT2D eigenvalue weighted by atomic mass is 32.2. The molecule has 3 N–H and O–H groups in total. The molecule has 0 bridgehead atoms. The first kappa shape index (κ1) is 18.6. The minimum absolute atomic E-state index is 0.189. The van der Waals surface area contributed by atoms with Gasteiger partial charge in [-0.3, -0.25) is 4.79 Å². The number of amides is 1. The van der Waals surface area contributed by atoms with Gasteiger partial charge in [0, 0.05) is 6.54 Å². The zero-order valence-electron chi connectivity index (χ0n) is 15.1. The van der Waals surface area contributed by atoms with E-state index in [-0.39, 0.29) is 16.5 Å². The van der Waals surface area contributed by atoms with Crippen molar-refractivity contribution in [3.8, 4) is 0 Å². The minimum Gasteiger partial charge on any atom is -0.340 e. The Morgan fingerprint density at radius 2 is 2.07 bits per heavy atom. The van der Waals surface area contributed by atoms with Gasteiger partial charge in [0.25, 0.3) is 5.91 Å². The second kappa shape index (κ2) is 6.68. The maximum absolute atomic E-state index is 14.4. The number of hydrogen-bond donors (Lipinski definition) is 2. The molecule has 0 radical (unpaired) electrons. The fraction of sp³-hybridized carbons (Fsp3) is 0.263. The smallest absolute Gasteiger partial charge is 0.257 e. The normalized spacial score (nSPS) is 17.4. The summed E-state index contributed by atoms with van der Waals surface area (Å²) in [5.41, 5.74) is 2.60. The number of likely N-dealkylation sites (tertiary alicyclic amines) is 1. The van der Waals surface area contributed by atoms with E-state index in [9.17, 15) is 17.6 Å². The van der Waals surface area contributed by atoms with Crippen LogP contribution in [-0.4, -0.2) is 35.7 Å². The molecule has 7 nitrogen and oxygen atoms in total. The zero-order valence-corrected chi connectivity index (χ0v) is 16.0. The topological polar surface area (TPSA) is 109 Å². The second-order valence-corrected chi connectivity index (χ2v) is 8.55. The third-order valence-electron chi connectivity index (χ3n) is 4.98. The van der Waals surface area contributed by atoms with Crippen LogP contribution < -0.4 is 5.14 Å². The van der Waals surface area contributed by atoms with E-state index in [1.165, 1.54) is 0 Å². The first-order chi connectivity index (χ1) is 13.2. The molecule has 0 spiro atoms. The van der Waals surface area contributed by atoms with E-state index in [1.807, 2.05) is 25.1 Å². The molecule has 3 aromatic rings. The maximum atomic E-state index is 14.4. The lowest BCUT2D eigenvalue weighted by atomic mass is 10.1. The molecule has 4 rings (SSSR count). The molecule has 1 fully saturated rings. The van der Waals surface area contributed by atoms with Gasteiger partial charge in [-0.15, -0.1) is 0 Å². The van der Waals surface area contributed by atoms with Crippen LogP contribution >= 0.6 is 0 Å². The van der Waals surface area contributed by atoms with Gasteiger partial charge in [0.1, 0.15) is 11.6 Å². The Morgan fingerprint density at radius 3 is 2.79 bits per heavy atom. The molecule has 1 aromatic heterocycles. The molecule has 2 aromatic carbocycles. The van der Waals surface area contributed by atoms with Crippen LogP contribution in [0.1, 0.15) is 40.6 Å². The number of hydrogen-bond acceptors (Lipinski definition) is 4. The molecular formula is C19H19FN4O3S. The Morgan fingerprint density at radius 1 is 1.29 bits per heavy atom. The Balaban J connectivity index is 1.66. The van der Waals surface area contributed by atoms with Crippen molar-refractivity contribution in [3.05, 3.63) is 59.2 Å². The van der Waals surface area contributed by atoms with Crippen LogP contribution in [-0.2, 0) is 10.0 Å². The van der Waals surface area contributed by atoms with Gasteiger partial charge in [-0.05, 0) is 55.7 Å². The standard InChI is InChI=1S/C19H19FN4O3S/c1-11-4-7-15-16(9-11)23-18(22-15)17-3-2-8-24(17)19(25)13-6-5-12(10-14(13)20)28(21,26)27/h4-7,9-10,17H,2-3,8H2,1H3,(H,22,23)(H2,21,26,27)/t17-/m0/s1. The summed E-state index contributed by atoms with van der Waals surface area (Å²) in [6.07, 6.45) is 1.48. The number of nitrogens with two attached hydrogens (primary N) is 1. The van der Waals surface area contributed by atoms with Crippen molar-refractivity contribution in [1.82, 2.24) is 14.9 Å². The van der Waals surface area contributed by atoms with E-state index in [1.54, 1.807) is 4.90 Å². The lowest BCUT2D eigenvalue weighted by Crippen LogP contribution is -2.31. The van der Waals surface area contributed by atoms with Crippen LogP contribution in [0.3, 0.4) is 0 Å². The highest BCUT2D eigenvalue weighted by Crippen LogP contribution is 2.33. The molecule has 28 heavy (non-hydrogen) atoms. The number of nitrogens with one attached hydrogen (secondary N) is 1. The number of aromatic nitrogens is 2. The number of aromatic amines is 1. The van der Waals surface area contributed by atoms with Crippen molar-refractivity contribution in [2.24, 2.45) is 5.14 Å².